The minimum Gasteiger partial charge on any atom is 0 e. The van der Waals surface area contributed by atoms with Crippen molar-refractivity contribution in [2.45, 2.75) is 90.3 Å². The summed E-state index contributed by atoms with van der Waals surface area (Å²) in [4.78, 5) is 6.09. The maximum absolute atomic E-state index is 11.9. The second kappa shape index (κ2) is 52.8. The molecule has 0 unspecified atom stereocenters. The predicted octanol–water partition coefficient (Wildman–Crippen LogP) is 13.2. The predicted molar refractivity (Wildman–Crippen MR) is 194 cm³/mol. The number of hydrogen-bond donors (Lipinski definition) is 1. The topological polar surface area (TPSA) is 38.4 Å². The molecule has 3 radical (unpaired) electrons. The molecule has 2 nitrogen and oxygen atoms in total. The number of nitrogen functional groups attached to an aromatic ring is 1. The maximum Gasteiger partial charge on any atom is 0 e. The number of rotatable bonds is 11. The Bertz CT molecular complexity index is 1320. The van der Waals surface area contributed by atoms with Crippen LogP contribution in [0.4, 0.5) is 37.7 Å². The molecule has 54 heavy (non-hydrogen) atoms. The van der Waals surface area contributed by atoms with Crippen LogP contribution in [0.25, 0.3) is 0 Å². The van der Waals surface area contributed by atoms with Gasteiger partial charge in [0.25, 0.3) is 0 Å². The van der Waals surface area contributed by atoms with Crippen molar-refractivity contribution >= 4 is 51.2 Å². The molecule has 0 spiro atoms. The summed E-state index contributed by atoms with van der Waals surface area (Å²) >= 11 is 5.31. The minimum atomic E-state index is -1.59. The van der Waals surface area contributed by atoms with Gasteiger partial charge in [0.1, 0.15) is 0 Å². The van der Waals surface area contributed by atoms with Crippen LogP contribution >= 0.6 is 35.3 Å². The molecule has 0 aromatic heterocycles. The smallest absolute Gasteiger partial charge is 0 e. The number of benzene rings is 3. The largest absolute Gasteiger partial charge is 0 e. The van der Waals surface area contributed by atoms with Gasteiger partial charge in [-0.1, -0.05) is 85.9 Å². The van der Waals surface area contributed by atoms with Crippen LogP contribution in [-0.2, 0) is 185 Å². The van der Waals surface area contributed by atoms with E-state index < -0.39 is 19.3 Å². The molecule has 0 saturated carbocycles. The first-order valence-corrected chi connectivity index (χ1v) is 18.8. The Morgan fingerprint density at radius 2 is 0.963 bits per heavy atom. The molecule has 0 saturated heterocycles. The summed E-state index contributed by atoms with van der Waals surface area (Å²) in [6.07, 6.45) is -3.78. The zero-order chi connectivity index (χ0) is 37.7. The van der Waals surface area contributed by atoms with Crippen LogP contribution in [0.3, 0.4) is 0 Å². The van der Waals surface area contributed by atoms with Crippen molar-refractivity contribution in [1.29, 1.82) is 0 Å². The van der Waals surface area contributed by atoms with Gasteiger partial charge in [0, 0.05) is 174 Å². The van der Waals surface area contributed by atoms with E-state index in [1.807, 2.05) is 74.4 Å². The zero-order valence-electron chi connectivity index (χ0n) is 32.2. The van der Waals surface area contributed by atoms with Gasteiger partial charge in [0.2, 0.25) is 0 Å². The molecular formula is C36H46F6N2S3VW3Y3-6. The van der Waals surface area contributed by atoms with Crippen LogP contribution in [0, 0.1) is 58.2 Å². The van der Waals surface area contributed by atoms with Crippen LogP contribution in [0.15, 0.2) is 56.1 Å². The summed E-state index contributed by atoms with van der Waals surface area (Å²) in [5.41, 5.74) is 11.2. The normalized spacial score (nSPS) is 8.56. The van der Waals surface area contributed by atoms with Crippen LogP contribution in [0.5, 0.6) is 0 Å². The van der Waals surface area contributed by atoms with Gasteiger partial charge in [-0.25, -0.2) is 0 Å². The zero-order valence-corrected chi connectivity index (χ0v) is 53.4. The third-order valence-corrected chi connectivity index (χ3v) is 7.96. The van der Waals surface area contributed by atoms with E-state index in [4.69, 9.17) is 5.73 Å². The fourth-order valence-corrected chi connectivity index (χ4v) is 4.90. The number of aryl methyl sites for hydroxylation is 4. The average molecular weight is 1590 g/mol. The molecule has 0 amide bonds. The number of nitrogens with two attached hydrogens (primary N) is 1. The average Bonchev–Trinajstić information content (AvgIpc) is 3.08. The summed E-state index contributed by atoms with van der Waals surface area (Å²) in [6, 6.07) is 19.4. The van der Waals surface area contributed by atoms with Crippen LogP contribution in [0.1, 0.15) is 70.7 Å². The summed E-state index contributed by atoms with van der Waals surface area (Å²) in [5, 5.41) is 0. The summed E-state index contributed by atoms with van der Waals surface area (Å²) in [7, 11) is 0. The quantitative estimate of drug-likeness (QED) is 0.0683. The third kappa shape index (κ3) is 42.3. The molecule has 298 valence electrons. The van der Waals surface area contributed by atoms with Gasteiger partial charge in [-0.15, -0.1) is 21.4 Å². The second-order valence-corrected chi connectivity index (χ2v) is 11.6. The van der Waals surface area contributed by atoms with Crippen molar-refractivity contribution in [2.24, 2.45) is 4.99 Å². The molecule has 0 aliphatic heterocycles. The third-order valence-electron chi connectivity index (χ3n) is 5.08. The van der Waals surface area contributed by atoms with E-state index in [2.05, 4.69) is 51.6 Å². The Morgan fingerprint density at radius 3 is 1.30 bits per heavy atom. The fourth-order valence-electron chi connectivity index (χ4n) is 2.88. The van der Waals surface area contributed by atoms with Crippen LogP contribution in [0.2, 0.25) is 0 Å². The van der Waals surface area contributed by atoms with Crippen LogP contribution < -0.4 is 5.73 Å². The second-order valence-electron chi connectivity index (χ2n) is 8.25. The Hall–Kier alpha value is 3.63. The van der Waals surface area contributed by atoms with Crippen molar-refractivity contribution in [3.05, 3.63) is 96.1 Å². The summed E-state index contributed by atoms with van der Waals surface area (Å²) in [5.74, 6) is -0.823. The molecule has 0 bridgehead atoms. The van der Waals surface area contributed by atoms with Crippen molar-refractivity contribution in [1.82, 2.24) is 0 Å². The van der Waals surface area contributed by atoms with Gasteiger partial charge in [0.15, 0.2) is 0 Å². The van der Waals surface area contributed by atoms with Crippen molar-refractivity contribution in [2.75, 3.05) is 23.0 Å². The summed E-state index contributed by atoms with van der Waals surface area (Å²) in [6.45, 7) is 19.8. The minimum absolute atomic E-state index is 0. The number of hydrogen-bond acceptors (Lipinski definition) is 5. The molecule has 0 aliphatic rings. The molecule has 0 fully saturated rings. The van der Waals surface area contributed by atoms with E-state index in [9.17, 15) is 26.3 Å². The van der Waals surface area contributed by atoms with Crippen molar-refractivity contribution < 1.29 is 205 Å². The first-order chi connectivity index (χ1) is 22.9. The van der Waals surface area contributed by atoms with Gasteiger partial charge < -0.3 is 23.3 Å². The van der Waals surface area contributed by atoms with Gasteiger partial charge in [-0.05, 0) is 0 Å². The SMILES string of the molecule is CC.CC.CC.CCc1cc(SC[C-](F)F)[c-]cc1C.Cc1c[c-]c(SC[C-](F)F)cc1N.Cc1c[c-]c(SC[C-](F)F)cc1N=[C]=[V].[W].[W].[W].[Y].[Y].[Y]. The Morgan fingerprint density at radius 1 is 0.630 bits per heavy atom. The first kappa shape index (κ1) is 78.2. The number of anilines is 1. The van der Waals surface area contributed by atoms with Gasteiger partial charge in [0.05, 0.1) is 0 Å². The van der Waals surface area contributed by atoms with E-state index >= 15 is 0 Å². The number of thioether (sulfide) groups is 3. The van der Waals surface area contributed by atoms with Crippen molar-refractivity contribution in [3.8, 4) is 0 Å². The number of aliphatic imine (C=N–C) groups is 1. The molecule has 18 heteroatoms. The molecule has 3 aromatic rings. The first-order valence-electron chi connectivity index (χ1n) is 15.2. The molecule has 0 aliphatic carbocycles. The molecule has 0 atom stereocenters. The van der Waals surface area contributed by atoms with E-state index in [-0.39, 0.29) is 179 Å². The van der Waals surface area contributed by atoms with Gasteiger partial charge >= 0.3 is 100 Å². The van der Waals surface area contributed by atoms with Gasteiger partial charge in [-0.3, -0.25) is 0 Å². The Labute approximate surface area is 462 Å². The number of nitrogens with zero attached hydrogens (tertiary/aromatic N) is 1. The Kier molecular flexibility index (Phi) is 76.4. The maximum atomic E-state index is 11.9. The fraction of sp³-hybridized carbons (Fsp3) is 0.389. The van der Waals surface area contributed by atoms with Gasteiger partial charge in [-0.2, -0.15) is 65.0 Å². The van der Waals surface area contributed by atoms with Crippen molar-refractivity contribution in [3.63, 3.8) is 0 Å². The Balaban J connectivity index is -0.0000000713. The molecule has 3 rings (SSSR count). The number of halogens is 6. The molecular weight excluding hydrogens is 1540 g/mol. The molecule has 0 heterocycles. The summed E-state index contributed by atoms with van der Waals surface area (Å²) < 4.78 is 73.6. The van der Waals surface area contributed by atoms with E-state index in [1.165, 1.54) is 11.1 Å². The van der Waals surface area contributed by atoms with Crippen LogP contribution in [-0.4, -0.2) is 21.8 Å². The molecule has 3 aromatic carbocycles. The van der Waals surface area contributed by atoms with E-state index in [0.29, 0.717) is 15.5 Å². The molecule has 2 N–H and O–H groups in total. The van der Waals surface area contributed by atoms with E-state index in [0.717, 1.165) is 63.4 Å². The van der Waals surface area contributed by atoms with E-state index in [1.54, 1.807) is 24.3 Å². The standard InChI is InChI=1S/C11H12F2S.C10H7F2NS.C9H9F2NS.3C2H6.V.3W.3Y/c1-3-9-6-10(5-4-8(9)2)14-7-11(12)13;1-7-3-4-8(5-9(7)13-2)14-6-10(11)12;1-6-2-3-7(4-8(6)12)13-5-9(10)11;3*1-2;;;;;;;/h4,6H,3,7H2,1-2H3;3,5H,6H2,1H3;2,4H,5,12H2,1H3;3*1-2H3;;;;;;;/q3*-2;;;;;;;;;;. The monoisotopic (exact) mass is 1590 g/mol.